The van der Waals surface area contributed by atoms with Gasteiger partial charge in [-0.05, 0) is 42.5 Å². The Kier molecular flexibility index (Phi) is 5.93. The number of aliphatic hydroxyl groups is 2. The van der Waals surface area contributed by atoms with Gasteiger partial charge in [0.05, 0.1) is 12.2 Å². The van der Waals surface area contributed by atoms with Gasteiger partial charge in [-0.1, -0.05) is 54.6 Å². The quantitative estimate of drug-likeness (QED) is 0.733. The Morgan fingerprint density at radius 3 is 2.19 bits per heavy atom. The monoisotopic (exact) mass is 285 g/mol. The molecule has 2 aromatic rings. The molecule has 0 saturated heterocycles. The fourth-order valence-corrected chi connectivity index (χ4v) is 2.43. The van der Waals surface area contributed by atoms with Crippen LogP contribution in [0.3, 0.4) is 0 Å². The number of aliphatic hydroxyl groups excluding tert-OH is 2. The van der Waals surface area contributed by atoms with Crippen LogP contribution in [0.25, 0.3) is 0 Å². The van der Waals surface area contributed by atoms with Crippen molar-refractivity contribution in [1.82, 2.24) is 0 Å². The summed E-state index contributed by atoms with van der Waals surface area (Å²) in [7, 11) is 0. The van der Waals surface area contributed by atoms with Crippen LogP contribution >= 0.6 is 0 Å². The van der Waals surface area contributed by atoms with E-state index in [1.165, 1.54) is 0 Å². The SMILES string of the molecule is NCCC(O)c1cccc(CC[C@@H](O)c2ccccc2)c1. The Morgan fingerprint density at radius 2 is 1.48 bits per heavy atom. The summed E-state index contributed by atoms with van der Waals surface area (Å²) in [5.74, 6) is 0. The summed E-state index contributed by atoms with van der Waals surface area (Å²) in [6.45, 7) is 0.470. The molecule has 2 rings (SSSR count). The van der Waals surface area contributed by atoms with E-state index in [2.05, 4.69) is 0 Å². The van der Waals surface area contributed by atoms with Gasteiger partial charge >= 0.3 is 0 Å². The van der Waals surface area contributed by atoms with E-state index in [-0.39, 0.29) is 0 Å². The molecule has 0 fully saturated rings. The van der Waals surface area contributed by atoms with Crippen molar-refractivity contribution in [2.24, 2.45) is 5.73 Å². The van der Waals surface area contributed by atoms with Gasteiger partial charge in [-0.15, -0.1) is 0 Å². The highest BCUT2D eigenvalue weighted by Gasteiger charge is 2.09. The maximum atomic E-state index is 10.2. The Morgan fingerprint density at radius 1 is 0.810 bits per heavy atom. The predicted octanol–water partition coefficient (Wildman–Crippen LogP) is 2.74. The van der Waals surface area contributed by atoms with Crippen molar-refractivity contribution in [3.8, 4) is 0 Å². The largest absolute Gasteiger partial charge is 0.388 e. The van der Waals surface area contributed by atoms with Gasteiger partial charge in [0.25, 0.3) is 0 Å². The molecule has 0 aliphatic carbocycles. The third kappa shape index (κ3) is 4.67. The fraction of sp³-hybridized carbons (Fsp3) is 0.333. The minimum absolute atomic E-state index is 0.455. The first-order valence-electron chi connectivity index (χ1n) is 7.40. The molecule has 1 unspecified atom stereocenters. The van der Waals surface area contributed by atoms with E-state index < -0.39 is 12.2 Å². The van der Waals surface area contributed by atoms with Gasteiger partial charge in [0, 0.05) is 0 Å². The summed E-state index contributed by atoms with van der Waals surface area (Å²) in [6, 6.07) is 17.6. The Labute approximate surface area is 126 Å². The molecule has 2 aromatic carbocycles. The molecule has 0 heterocycles. The van der Waals surface area contributed by atoms with E-state index in [9.17, 15) is 10.2 Å². The first-order valence-corrected chi connectivity index (χ1v) is 7.40. The fourth-order valence-electron chi connectivity index (χ4n) is 2.43. The van der Waals surface area contributed by atoms with Crippen LogP contribution in [-0.2, 0) is 6.42 Å². The minimum atomic E-state index is -0.506. The average Bonchev–Trinajstić information content (AvgIpc) is 2.54. The zero-order chi connectivity index (χ0) is 15.1. The second-order valence-corrected chi connectivity index (χ2v) is 5.30. The van der Waals surface area contributed by atoms with Crippen molar-refractivity contribution in [3.05, 3.63) is 71.3 Å². The van der Waals surface area contributed by atoms with Gasteiger partial charge in [0.15, 0.2) is 0 Å². The number of aryl methyl sites for hydroxylation is 1. The van der Waals surface area contributed by atoms with E-state index in [0.717, 1.165) is 23.1 Å². The molecule has 2 atom stereocenters. The first kappa shape index (κ1) is 15.7. The maximum absolute atomic E-state index is 10.2. The highest BCUT2D eigenvalue weighted by atomic mass is 16.3. The highest BCUT2D eigenvalue weighted by molar-refractivity contribution is 5.26. The Hall–Kier alpha value is -1.68. The highest BCUT2D eigenvalue weighted by Crippen LogP contribution is 2.21. The van der Waals surface area contributed by atoms with Gasteiger partial charge in [-0.2, -0.15) is 0 Å². The second kappa shape index (κ2) is 7.93. The molecular weight excluding hydrogens is 262 g/mol. The summed E-state index contributed by atoms with van der Waals surface area (Å²) in [4.78, 5) is 0. The van der Waals surface area contributed by atoms with Crippen LogP contribution in [0.2, 0.25) is 0 Å². The lowest BCUT2D eigenvalue weighted by Crippen LogP contribution is -2.07. The van der Waals surface area contributed by atoms with Crippen LogP contribution in [0.5, 0.6) is 0 Å². The van der Waals surface area contributed by atoms with Crippen LogP contribution in [0.4, 0.5) is 0 Å². The van der Waals surface area contributed by atoms with Gasteiger partial charge in [0.2, 0.25) is 0 Å². The molecular formula is C18H23NO2. The van der Waals surface area contributed by atoms with Crippen molar-refractivity contribution in [2.75, 3.05) is 6.54 Å². The maximum Gasteiger partial charge on any atom is 0.0802 e. The Bertz CT molecular complexity index is 542. The van der Waals surface area contributed by atoms with Crippen molar-refractivity contribution in [1.29, 1.82) is 0 Å². The lowest BCUT2D eigenvalue weighted by atomic mass is 9.98. The van der Waals surface area contributed by atoms with Gasteiger partial charge in [-0.3, -0.25) is 0 Å². The van der Waals surface area contributed by atoms with E-state index in [4.69, 9.17) is 5.73 Å². The normalized spacial score (nSPS) is 13.9. The lowest BCUT2D eigenvalue weighted by Gasteiger charge is -2.13. The second-order valence-electron chi connectivity index (χ2n) is 5.30. The standard InChI is InChI=1S/C18H23NO2/c19-12-11-18(21)16-8-4-5-14(13-16)9-10-17(20)15-6-2-1-3-7-15/h1-8,13,17-18,20-21H,9-12,19H2/t17-,18?/m1/s1. The van der Waals surface area contributed by atoms with Crippen LogP contribution in [0.15, 0.2) is 54.6 Å². The number of hydrogen-bond acceptors (Lipinski definition) is 3. The summed E-state index contributed by atoms with van der Waals surface area (Å²) >= 11 is 0. The molecule has 0 aliphatic heterocycles. The van der Waals surface area contributed by atoms with Crippen molar-refractivity contribution >= 4 is 0 Å². The summed E-state index contributed by atoms with van der Waals surface area (Å²) in [5.41, 5.74) is 8.44. The van der Waals surface area contributed by atoms with Gasteiger partial charge in [-0.25, -0.2) is 0 Å². The smallest absolute Gasteiger partial charge is 0.0802 e. The third-order valence-corrected chi connectivity index (χ3v) is 3.67. The van der Waals surface area contributed by atoms with Crippen molar-refractivity contribution < 1.29 is 10.2 Å². The Balaban J connectivity index is 1.95. The van der Waals surface area contributed by atoms with Crippen molar-refractivity contribution in [2.45, 2.75) is 31.5 Å². The molecule has 3 nitrogen and oxygen atoms in total. The molecule has 112 valence electrons. The van der Waals surface area contributed by atoms with Gasteiger partial charge in [0.1, 0.15) is 0 Å². The topological polar surface area (TPSA) is 66.5 Å². The van der Waals surface area contributed by atoms with E-state index in [1.807, 2.05) is 54.6 Å². The number of rotatable bonds is 7. The van der Waals surface area contributed by atoms with Crippen LogP contribution in [-0.4, -0.2) is 16.8 Å². The zero-order valence-corrected chi connectivity index (χ0v) is 12.2. The molecule has 0 aromatic heterocycles. The molecule has 0 saturated carbocycles. The average molecular weight is 285 g/mol. The lowest BCUT2D eigenvalue weighted by molar-refractivity contribution is 0.167. The molecule has 0 amide bonds. The number of benzene rings is 2. The third-order valence-electron chi connectivity index (χ3n) is 3.67. The minimum Gasteiger partial charge on any atom is -0.388 e. The first-order chi connectivity index (χ1) is 10.2. The zero-order valence-electron chi connectivity index (χ0n) is 12.2. The van der Waals surface area contributed by atoms with Gasteiger partial charge < -0.3 is 15.9 Å². The van der Waals surface area contributed by atoms with Crippen LogP contribution < -0.4 is 5.73 Å². The summed E-state index contributed by atoms with van der Waals surface area (Å²) in [5, 5.41) is 20.1. The van der Waals surface area contributed by atoms with E-state index in [0.29, 0.717) is 19.4 Å². The predicted molar refractivity (Wildman–Crippen MR) is 84.8 cm³/mol. The van der Waals surface area contributed by atoms with Crippen LogP contribution in [0, 0.1) is 0 Å². The molecule has 0 aliphatic rings. The summed E-state index contributed by atoms with van der Waals surface area (Å²) < 4.78 is 0. The molecule has 21 heavy (non-hydrogen) atoms. The molecule has 0 bridgehead atoms. The summed E-state index contributed by atoms with van der Waals surface area (Å²) in [6.07, 6.45) is 1.05. The van der Waals surface area contributed by atoms with Crippen molar-refractivity contribution in [3.63, 3.8) is 0 Å². The molecule has 0 spiro atoms. The number of nitrogens with two attached hydrogens (primary N) is 1. The molecule has 4 N–H and O–H groups in total. The number of hydrogen-bond donors (Lipinski definition) is 3. The van der Waals surface area contributed by atoms with E-state index in [1.54, 1.807) is 0 Å². The molecule has 3 heteroatoms. The van der Waals surface area contributed by atoms with E-state index >= 15 is 0 Å². The molecule has 0 radical (unpaired) electrons. The van der Waals surface area contributed by atoms with Crippen LogP contribution in [0.1, 0.15) is 41.7 Å².